The van der Waals surface area contributed by atoms with Crippen molar-refractivity contribution in [2.75, 3.05) is 17.9 Å². The average molecular weight is 445 g/mol. The lowest BCUT2D eigenvalue weighted by Crippen LogP contribution is -2.28. The number of halogens is 1. The highest BCUT2D eigenvalue weighted by Gasteiger charge is 2.20. The number of nitrogens with one attached hydrogen (secondary N) is 2. The molecule has 0 fully saturated rings. The van der Waals surface area contributed by atoms with Crippen molar-refractivity contribution in [1.29, 1.82) is 0 Å². The number of rotatable bonds is 8. The lowest BCUT2D eigenvalue weighted by Gasteiger charge is -2.12. The van der Waals surface area contributed by atoms with Crippen molar-refractivity contribution in [2.45, 2.75) is 11.8 Å². The van der Waals surface area contributed by atoms with Crippen LogP contribution in [-0.2, 0) is 10.0 Å². The van der Waals surface area contributed by atoms with Crippen molar-refractivity contribution in [3.63, 3.8) is 0 Å². The summed E-state index contributed by atoms with van der Waals surface area (Å²) < 4.78 is 33.4. The van der Waals surface area contributed by atoms with Crippen LogP contribution in [0.3, 0.4) is 0 Å². The Morgan fingerprint density at radius 3 is 2.50 bits per heavy atom. The van der Waals surface area contributed by atoms with Gasteiger partial charge in [0, 0.05) is 11.3 Å². The molecule has 30 heavy (non-hydrogen) atoms. The highest BCUT2D eigenvalue weighted by atomic mass is 35.5. The SMILES string of the molecule is Cc1cccc(OCCNC(=O)c2ccc(Cl)c(S(=O)(=O)Nc3ccccc3)c2)c1. The number of carbonyl (C=O) groups excluding carboxylic acids is 1. The topological polar surface area (TPSA) is 84.5 Å². The standard InChI is InChI=1S/C22H21ClN2O4S/c1-16-6-5-9-19(14-16)29-13-12-24-22(26)17-10-11-20(23)21(15-17)30(27,28)25-18-7-3-2-4-8-18/h2-11,14-15,25H,12-13H2,1H3,(H,24,26). The van der Waals surface area contributed by atoms with Crippen LogP contribution in [0, 0.1) is 6.92 Å². The number of benzene rings is 3. The van der Waals surface area contributed by atoms with Gasteiger partial charge < -0.3 is 10.1 Å². The Morgan fingerprint density at radius 2 is 1.77 bits per heavy atom. The van der Waals surface area contributed by atoms with Crippen LogP contribution < -0.4 is 14.8 Å². The van der Waals surface area contributed by atoms with Gasteiger partial charge in [-0.1, -0.05) is 41.9 Å². The molecule has 0 unspecified atom stereocenters. The van der Waals surface area contributed by atoms with Crippen molar-refractivity contribution >= 4 is 33.2 Å². The highest BCUT2D eigenvalue weighted by molar-refractivity contribution is 7.92. The summed E-state index contributed by atoms with van der Waals surface area (Å²) in [4.78, 5) is 12.3. The molecule has 0 aliphatic carbocycles. The first-order valence-electron chi connectivity index (χ1n) is 9.20. The molecule has 0 aliphatic rings. The smallest absolute Gasteiger partial charge is 0.263 e. The number of hydrogen-bond donors (Lipinski definition) is 2. The summed E-state index contributed by atoms with van der Waals surface area (Å²) in [5, 5.41) is 2.74. The monoisotopic (exact) mass is 444 g/mol. The molecule has 0 aliphatic heterocycles. The molecule has 3 rings (SSSR count). The van der Waals surface area contributed by atoms with Crippen LogP contribution in [0.1, 0.15) is 15.9 Å². The number of hydrogen-bond acceptors (Lipinski definition) is 4. The van der Waals surface area contributed by atoms with Crippen molar-refractivity contribution in [1.82, 2.24) is 5.32 Å². The van der Waals surface area contributed by atoms with E-state index in [9.17, 15) is 13.2 Å². The van der Waals surface area contributed by atoms with E-state index in [0.29, 0.717) is 5.69 Å². The maximum absolute atomic E-state index is 12.7. The van der Waals surface area contributed by atoms with Crippen LogP contribution in [0.2, 0.25) is 5.02 Å². The van der Waals surface area contributed by atoms with Crippen LogP contribution in [0.15, 0.2) is 77.7 Å². The Morgan fingerprint density at radius 1 is 1.00 bits per heavy atom. The Labute approximate surface area is 180 Å². The number of aryl methyl sites for hydroxylation is 1. The average Bonchev–Trinajstić information content (AvgIpc) is 2.72. The van der Waals surface area contributed by atoms with E-state index in [4.69, 9.17) is 16.3 Å². The first-order valence-corrected chi connectivity index (χ1v) is 11.1. The van der Waals surface area contributed by atoms with Gasteiger partial charge in [-0.15, -0.1) is 0 Å². The van der Waals surface area contributed by atoms with Gasteiger partial charge in [-0.05, 0) is 55.0 Å². The number of para-hydroxylation sites is 1. The number of carbonyl (C=O) groups is 1. The van der Waals surface area contributed by atoms with Crippen LogP contribution in [0.5, 0.6) is 5.75 Å². The van der Waals surface area contributed by atoms with Gasteiger partial charge in [0.15, 0.2) is 0 Å². The Balaban J connectivity index is 1.64. The van der Waals surface area contributed by atoms with Crippen LogP contribution in [-0.4, -0.2) is 27.5 Å². The summed E-state index contributed by atoms with van der Waals surface area (Å²) >= 11 is 6.09. The lowest BCUT2D eigenvalue weighted by molar-refractivity contribution is 0.0947. The largest absolute Gasteiger partial charge is 0.492 e. The maximum atomic E-state index is 12.7. The molecule has 0 heterocycles. The van der Waals surface area contributed by atoms with E-state index in [0.717, 1.165) is 11.3 Å². The molecule has 0 radical (unpaired) electrons. The van der Waals surface area contributed by atoms with Crippen LogP contribution >= 0.6 is 11.6 Å². The third-order valence-electron chi connectivity index (χ3n) is 4.15. The summed E-state index contributed by atoms with van der Waals surface area (Å²) in [7, 11) is -3.95. The minimum Gasteiger partial charge on any atom is -0.492 e. The van der Waals surface area contributed by atoms with E-state index in [1.165, 1.54) is 18.2 Å². The minimum atomic E-state index is -3.95. The van der Waals surface area contributed by atoms with Gasteiger partial charge in [-0.25, -0.2) is 8.42 Å². The summed E-state index contributed by atoms with van der Waals surface area (Å²) in [6.45, 7) is 2.51. The van der Waals surface area contributed by atoms with E-state index < -0.39 is 15.9 Å². The number of amides is 1. The van der Waals surface area contributed by atoms with Gasteiger partial charge in [-0.2, -0.15) is 0 Å². The van der Waals surface area contributed by atoms with Gasteiger partial charge >= 0.3 is 0 Å². The minimum absolute atomic E-state index is 0.0257. The quantitative estimate of drug-likeness (QED) is 0.508. The third-order valence-corrected chi connectivity index (χ3v) is 6.02. The lowest BCUT2D eigenvalue weighted by atomic mass is 10.2. The molecule has 0 saturated carbocycles. The Bertz CT molecular complexity index is 1130. The van der Waals surface area contributed by atoms with Crippen molar-refractivity contribution in [2.24, 2.45) is 0 Å². The molecule has 8 heteroatoms. The fourth-order valence-corrected chi connectivity index (χ4v) is 4.29. The molecular formula is C22H21ClN2O4S. The first-order chi connectivity index (χ1) is 14.3. The summed E-state index contributed by atoms with van der Waals surface area (Å²) in [5.41, 5.74) is 1.66. The number of anilines is 1. The maximum Gasteiger partial charge on any atom is 0.263 e. The second-order valence-corrected chi connectivity index (χ2v) is 8.60. The molecule has 0 bridgehead atoms. The van der Waals surface area contributed by atoms with E-state index in [1.807, 2.05) is 31.2 Å². The molecule has 156 valence electrons. The summed E-state index contributed by atoms with van der Waals surface area (Å²) in [5.74, 6) is 0.298. The van der Waals surface area contributed by atoms with Crippen molar-refractivity contribution < 1.29 is 17.9 Å². The first kappa shape index (κ1) is 21.7. The van der Waals surface area contributed by atoms with Gasteiger partial charge in [0.05, 0.1) is 11.6 Å². The fourth-order valence-electron chi connectivity index (χ4n) is 2.71. The van der Waals surface area contributed by atoms with Gasteiger partial charge in [-0.3, -0.25) is 9.52 Å². The van der Waals surface area contributed by atoms with Gasteiger partial charge in [0.1, 0.15) is 17.3 Å². The fraction of sp³-hybridized carbons (Fsp3) is 0.136. The Kier molecular flexibility index (Phi) is 6.97. The number of sulfonamides is 1. The molecule has 0 spiro atoms. The van der Waals surface area contributed by atoms with E-state index in [1.54, 1.807) is 30.3 Å². The molecule has 3 aromatic carbocycles. The third kappa shape index (κ3) is 5.75. The van der Waals surface area contributed by atoms with E-state index in [2.05, 4.69) is 10.0 Å². The molecule has 1 amide bonds. The zero-order valence-electron chi connectivity index (χ0n) is 16.3. The molecule has 3 aromatic rings. The van der Waals surface area contributed by atoms with Crippen molar-refractivity contribution in [3.8, 4) is 5.75 Å². The van der Waals surface area contributed by atoms with Crippen LogP contribution in [0.25, 0.3) is 0 Å². The van der Waals surface area contributed by atoms with Gasteiger partial charge in [0.25, 0.3) is 15.9 Å². The second kappa shape index (κ2) is 9.65. The molecule has 2 N–H and O–H groups in total. The predicted molar refractivity (Wildman–Crippen MR) is 118 cm³/mol. The molecule has 6 nitrogen and oxygen atoms in total. The van der Waals surface area contributed by atoms with Crippen molar-refractivity contribution in [3.05, 3.63) is 88.9 Å². The number of ether oxygens (including phenoxy) is 1. The highest BCUT2D eigenvalue weighted by Crippen LogP contribution is 2.25. The van der Waals surface area contributed by atoms with Crippen LogP contribution in [0.4, 0.5) is 5.69 Å². The Hall–Kier alpha value is -3.03. The normalized spacial score (nSPS) is 11.0. The summed E-state index contributed by atoms with van der Waals surface area (Å²) in [6.07, 6.45) is 0. The van der Waals surface area contributed by atoms with E-state index in [-0.39, 0.29) is 28.6 Å². The van der Waals surface area contributed by atoms with E-state index >= 15 is 0 Å². The summed E-state index contributed by atoms with van der Waals surface area (Å²) in [6, 6.07) is 20.2. The molecule has 0 aromatic heterocycles. The molecular weight excluding hydrogens is 424 g/mol. The zero-order valence-corrected chi connectivity index (χ0v) is 17.8. The molecule has 0 atom stereocenters. The zero-order chi connectivity index (χ0) is 21.6. The predicted octanol–water partition coefficient (Wildman–Crippen LogP) is 4.26. The van der Waals surface area contributed by atoms with Gasteiger partial charge in [0.2, 0.25) is 0 Å². The second-order valence-electron chi connectivity index (χ2n) is 6.54. The molecule has 0 saturated heterocycles.